The van der Waals surface area contributed by atoms with E-state index in [1.807, 2.05) is 0 Å². The van der Waals surface area contributed by atoms with Gasteiger partial charge in [-0.25, -0.2) is 0 Å². The number of fused-ring (bicyclic) bond motifs is 7. The summed E-state index contributed by atoms with van der Waals surface area (Å²) < 4.78 is 23.6. The highest BCUT2D eigenvalue weighted by molar-refractivity contribution is 5.54. The zero-order valence-corrected chi connectivity index (χ0v) is 14.2. The van der Waals surface area contributed by atoms with Gasteiger partial charge >= 0.3 is 0 Å². The van der Waals surface area contributed by atoms with Gasteiger partial charge in [0.25, 0.3) is 0 Å². The molecule has 2 atom stereocenters. The maximum atomic E-state index is 5.78. The molecule has 2 aromatic carbocycles. The third-order valence-corrected chi connectivity index (χ3v) is 6.31. The highest BCUT2D eigenvalue weighted by Crippen LogP contribution is 2.50. The van der Waals surface area contributed by atoms with Gasteiger partial charge in [-0.15, -0.1) is 0 Å². The van der Waals surface area contributed by atoms with Gasteiger partial charge in [0.15, 0.2) is 23.0 Å². The summed E-state index contributed by atoms with van der Waals surface area (Å²) in [6.07, 6.45) is 2.09. The van der Waals surface area contributed by atoms with E-state index in [2.05, 4.69) is 31.3 Å². The fourth-order valence-electron chi connectivity index (χ4n) is 4.92. The number of rotatable bonds is 0. The van der Waals surface area contributed by atoms with E-state index in [0.29, 0.717) is 19.6 Å². The zero-order chi connectivity index (χ0) is 16.6. The van der Waals surface area contributed by atoms with Crippen molar-refractivity contribution in [2.45, 2.75) is 25.4 Å². The second kappa shape index (κ2) is 4.61. The molecule has 0 amide bonds. The van der Waals surface area contributed by atoms with Crippen molar-refractivity contribution in [3.8, 4) is 23.0 Å². The van der Waals surface area contributed by atoms with Crippen LogP contribution in [0.4, 0.5) is 0 Å². The van der Waals surface area contributed by atoms with Crippen molar-refractivity contribution >= 4 is 0 Å². The van der Waals surface area contributed by atoms with Crippen LogP contribution >= 0.6 is 0 Å². The van der Waals surface area contributed by atoms with E-state index in [1.54, 1.807) is 0 Å². The van der Waals surface area contributed by atoms with Crippen molar-refractivity contribution in [1.29, 1.82) is 0 Å². The Balaban J connectivity index is 1.49. The first kappa shape index (κ1) is 13.8. The molecule has 0 saturated heterocycles. The molecule has 0 fully saturated rings. The molecule has 5 heteroatoms. The lowest BCUT2D eigenvalue weighted by Crippen LogP contribution is -2.53. The first-order valence-corrected chi connectivity index (χ1v) is 8.88. The lowest BCUT2D eigenvalue weighted by molar-refractivity contribution is -0.956. The van der Waals surface area contributed by atoms with Crippen molar-refractivity contribution in [2.24, 2.45) is 0 Å². The zero-order valence-electron chi connectivity index (χ0n) is 14.2. The maximum Gasteiger partial charge on any atom is 0.231 e. The Morgan fingerprint density at radius 3 is 2.64 bits per heavy atom. The molecule has 0 spiro atoms. The predicted molar refractivity (Wildman–Crippen MR) is 90.0 cm³/mol. The summed E-state index contributed by atoms with van der Waals surface area (Å²) in [7, 11) is 2.37. The van der Waals surface area contributed by atoms with Crippen LogP contribution in [0.25, 0.3) is 0 Å². The highest BCUT2D eigenvalue weighted by atomic mass is 16.7. The van der Waals surface area contributed by atoms with Gasteiger partial charge in [0.2, 0.25) is 13.6 Å². The van der Waals surface area contributed by atoms with E-state index in [1.165, 1.54) is 22.3 Å². The molecular formula is C20H20NO4+. The summed E-state index contributed by atoms with van der Waals surface area (Å²) >= 11 is 0. The average molecular weight is 338 g/mol. The average Bonchev–Trinajstić information content (AvgIpc) is 3.27. The Morgan fingerprint density at radius 2 is 1.72 bits per heavy atom. The van der Waals surface area contributed by atoms with Crippen LogP contribution in [-0.4, -0.2) is 31.7 Å². The van der Waals surface area contributed by atoms with Gasteiger partial charge in [0, 0.05) is 18.4 Å². The summed E-state index contributed by atoms with van der Waals surface area (Å²) in [6, 6.07) is 9.13. The molecule has 0 N–H and O–H groups in total. The molecule has 0 bridgehead atoms. The second-order valence-electron chi connectivity index (χ2n) is 7.67. The van der Waals surface area contributed by atoms with Crippen LogP contribution in [0.1, 0.15) is 28.3 Å². The third-order valence-electron chi connectivity index (χ3n) is 6.31. The SMILES string of the molecule is C[N@@+]12CCc3cc4c(cc3[C@@H]1Cc1ccc3c(c1C2)OCO3)OCO4. The Kier molecular flexibility index (Phi) is 2.55. The van der Waals surface area contributed by atoms with Crippen molar-refractivity contribution in [1.82, 2.24) is 0 Å². The van der Waals surface area contributed by atoms with Gasteiger partial charge in [-0.3, -0.25) is 0 Å². The predicted octanol–water partition coefficient (Wildman–Crippen LogP) is 2.94. The summed E-state index contributed by atoms with van der Waals surface area (Å²) in [6.45, 7) is 2.79. The molecule has 0 unspecified atom stereocenters. The van der Waals surface area contributed by atoms with Crippen LogP contribution in [0.3, 0.4) is 0 Å². The minimum atomic E-state index is 0.335. The number of nitrogens with zero attached hydrogens (tertiary/aromatic N) is 1. The second-order valence-corrected chi connectivity index (χ2v) is 7.67. The minimum Gasteiger partial charge on any atom is -0.454 e. The highest BCUT2D eigenvalue weighted by Gasteiger charge is 2.45. The van der Waals surface area contributed by atoms with Crippen molar-refractivity contribution < 1.29 is 23.4 Å². The molecule has 0 aliphatic carbocycles. The third kappa shape index (κ3) is 1.82. The summed E-state index contributed by atoms with van der Waals surface area (Å²) in [4.78, 5) is 0. The topological polar surface area (TPSA) is 36.9 Å². The molecule has 0 aromatic heterocycles. The van der Waals surface area contributed by atoms with Crippen LogP contribution in [-0.2, 0) is 19.4 Å². The number of likely N-dealkylation sites (N-methyl/N-ethyl adjacent to an activating group) is 1. The Labute approximate surface area is 146 Å². The van der Waals surface area contributed by atoms with Gasteiger partial charge in [0.1, 0.15) is 12.6 Å². The van der Waals surface area contributed by atoms with Crippen molar-refractivity contribution in [3.05, 3.63) is 46.5 Å². The molecule has 4 heterocycles. The van der Waals surface area contributed by atoms with Crippen LogP contribution in [0.5, 0.6) is 23.0 Å². The molecule has 6 rings (SSSR count). The first-order chi connectivity index (χ1) is 12.2. The fourth-order valence-corrected chi connectivity index (χ4v) is 4.92. The quantitative estimate of drug-likeness (QED) is 0.692. The van der Waals surface area contributed by atoms with Crippen LogP contribution in [0.15, 0.2) is 24.3 Å². The van der Waals surface area contributed by atoms with Crippen molar-refractivity contribution in [2.75, 3.05) is 27.2 Å². The van der Waals surface area contributed by atoms with Gasteiger partial charge in [-0.1, -0.05) is 6.07 Å². The number of hydrogen-bond donors (Lipinski definition) is 0. The molecule has 0 radical (unpaired) electrons. The largest absolute Gasteiger partial charge is 0.454 e. The molecular weight excluding hydrogens is 318 g/mol. The van der Waals surface area contributed by atoms with E-state index in [4.69, 9.17) is 18.9 Å². The molecule has 2 aromatic rings. The lowest BCUT2D eigenvalue weighted by atomic mass is 9.81. The molecule has 0 saturated carbocycles. The molecule has 4 aliphatic rings. The van der Waals surface area contributed by atoms with Crippen LogP contribution in [0, 0.1) is 0 Å². The Morgan fingerprint density at radius 1 is 0.920 bits per heavy atom. The Hall–Kier alpha value is -2.40. The number of hydrogen-bond acceptors (Lipinski definition) is 4. The lowest BCUT2D eigenvalue weighted by Gasteiger charge is -2.48. The number of ether oxygens (including phenoxy) is 4. The van der Waals surface area contributed by atoms with Gasteiger partial charge in [-0.05, 0) is 29.3 Å². The van der Waals surface area contributed by atoms with E-state index >= 15 is 0 Å². The Bertz CT molecular complexity index is 909. The first-order valence-electron chi connectivity index (χ1n) is 8.88. The normalized spacial score (nSPS) is 27.5. The van der Waals surface area contributed by atoms with Crippen LogP contribution < -0.4 is 18.9 Å². The van der Waals surface area contributed by atoms with Gasteiger partial charge in [-0.2, -0.15) is 0 Å². The minimum absolute atomic E-state index is 0.335. The summed E-state index contributed by atoms with van der Waals surface area (Å²) in [5.41, 5.74) is 5.55. The smallest absolute Gasteiger partial charge is 0.231 e. The summed E-state index contributed by atoms with van der Waals surface area (Å²) in [5.74, 6) is 3.65. The molecule has 128 valence electrons. The van der Waals surface area contributed by atoms with Gasteiger partial charge in [0.05, 0.1) is 19.2 Å². The van der Waals surface area contributed by atoms with Crippen LogP contribution in [0.2, 0.25) is 0 Å². The van der Waals surface area contributed by atoms with E-state index in [9.17, 15) is 0 Å². The van der Waals surface area contributed by atoms with E-state index in [0.717, 1.165) is 53.4 Å². The summed E-state index contributed by atoms with van der Waals surface area (Å²) in [5, 5.41) is 0. The number of quaternary nitrogens is 1. The maximum absolute atomic E-state index is 5.78. The van der Waals surface area contributed by atoms with E-state index in [-0.39, 0.29) is 0 Å². The standard InChI is InChI=1S/C20H20NO4/c1-21-5-4-13-7-18-19(24-10-23-18)8-14(13)16(21)6-12-2-3-17-20(15(12)9-21)25-11-22-17/h2-3,7-8,16H,4-6,9-11H2,1H3/q+1/t16-,21-/m0/s1. The fraction of sp³-hybridized carbons (Fsp3) is 0.400. The molecule has 25 heavy (non-hydrogen) atoms. The van der Waals surface area contributed by atoms with E-state index < -0.39 is 0 Å². The number of benzene rings is 2. The monoisotopic (exact) mass is 338 g/mol. The van der Waals surface area contributed by atoms with Crippen molar-refractivity contribution in [3.63, 3.8) is 0 Å². The van der Waals surface area contributed by atoms with Gasteiger partial charge < -0.3 is 23.4 Å². The molecule has 4 aliphatic heterocycles. The molecule has 5 nitrogen and oxygen atoms in total.